The monoisotopic (exact) mass is 256 g/mol. The molecule has 0 aromatic heterocycles. The van der Waals surface area contributed by atoms with Gasteiger partial charge in [0.1, 0.15) is 0 Å². The van der Waals surface area contributed by atoms with Gasteiger partial charge < -0.3 is 20.0 Å². The number of nitrogens with one attached hydrogen (secondary N) is 1. The van der Waals surface area contributed by atoms with E-state index in [4.69, 9.17) is 0 Å². The summed E-state index contributed by atoms with van der Waals surface area (Å²) < 4.78 is 0. The van der Waals surface area contributed by atoms with Gasteiger partial charge in [0, 0.05) is 19.1 Å². The lowest BCUT2D eigenvalue weighted by molar-refractivity contribution is -0.133. The molecule has 1 saturated heterocycles. The molecule has 0 unspecified atom stereocenters. The number of rotatable bonds is 6. The molecule has 1 fully saturated rings. The van der Waals surface area contributed by atoms with Gasteiger partial charge in [0.05, 0.1) is 6.54 Å². The highest BCUT2D eigenvalue weighted by atomic mass is 16.2. The number of carbonyl (C=O) groups excluding carboxylic acids is 1. The summed E-state index contributed by atoms with van der Waals surface area (Å²) in [7, 11) is 8.08. The molecule has 1 aliphatic heterocycles. The van der Waals surface area contributed by atoms with Crippen LogP contribution in [0.4, 0.5) is 0 Å². The summed E-state index contributed by atoms with van der Waals surface area (Å²) in [5.74, 6) is 0.230. The maximum Gasteiger partial charge on any atom is 0.236 e. The molecule has 1 rings (SSSR count). The Labute approximate surface area is 111 Å². The summed E-state index contributed by atoms with van der Waals surface area (Å²) in [6, 6.07) is 0.419. The lowest BCUT2D eigenvalue weighted by Crippen LogP contribution is -2.50. The average molecular weight is 256 g/mol. The van der Waals surface area contributed by atoms with Gasteiger partial charge in [-0.3, -0.25) is 4.79 Å². The summed E-state index contributed by atoms with van der Waals surface area (Å²) in [4.78, 5) is 18.7. The van der Waals surface area contributed by atoms with Crippen LogP contribution in [0.1, 0.15) is 12.8 Å². The Kier molecular flexibility index (Phi) is 6.60. The Morgan fingerprint density at radius 1 is 1.28 bits per heavy atom. The first-order valence-corrected chi connectivity index (χ1v) is 6.82. The average Bonchev–Trinajstić information content (AvgIpc) is 2.31. The van der Waals surface area contributed by atoms with E-state index < -0.39 is 0 Å². The van der Waals surface area contributed by atoms with E-state index in [1.54, 1.807) is 0 Å². The van der Waals surface area contributed by atoms with Crippen LogP contribution in [0.15, 0.2) is 0 Å². The fraction of sp³-hybridized carbons (Fsp3) is 0.923. The molecule has 1 amide bonds. The third-order valence-electron chi connectivity index (χ3n) is 3.57. The largest absolute Gasteiger partial charge is 0.337 e. The van der Waals surface area contributed by atoms with Crippen molar-refractivity contribution in [2.75, 3.05) is 60.9 Å². The Morgan fingerprint density at radius 3 is 2.39 bits per heavy atom. The highest BCUT2D eigenvalue weighted by molar-refractivity contribution is 5.78. The van der Waals surface area contributed by atoms with E-state index in [1.807, 2.05) is 7.05 Å². The molecule has 106 valence electrons. The van der Waals surface area contributed by atoms with Crippen LogP contribution in [0, 0.1) is 0 Å². The number of piperidine rings is 1. The third kappa shape index (κ3) is 4.92. The Balaban J connectivity index is 2.55. The van der Waals surface area contributed by atoms with E-state index in [-0.39, 0.29) is 5.91 Å². The van der Waals surface area contributed by atoms with Crippen LogP contribution in [0.5, 0.6) is 0 Å². The van der Waals surface area contributed by atoms with Crippen LogP contribution in [-0.2, 0) is 4.79 Å². The van der Waals surface area contributed by atoms with Crippen molar-refractivity contribution in [3.8, 4) is 0 Å². The summed E-state index contributed by atoms with van der Waals surface area (Å²) in [6.45, 7) is 4.40. The molecule has 1 aliphatic rings. The first-order valence-electron chi connectivity index (χ1n) is 6.82. The number of nitrogens with zero attached hydrogens (tertiary/aromatic N) is 3. The maximum absolute atomic E-state index is 12.2. The number of likely N-dealkylation sites (N-methyl/N-ethyl adjacent to an activating group) is 2. The maximum atomic E-state index is 12.2. The van der Waals surface area contributed by atoms with Crippen molar-refractivity contribution in [1.29, 1.82) is 0 Å². The molecule has 0 aromatic rings. The van der Waals surface area contributed by atoms with E-state index >= 15 is 0 Å². The van der Waals surface area contributed by atoms with Gasteiger partial charge in [-0.15, -0.1) is 0 Å². The Hall–Kier alpha value is -0.650. The molecule has 1 N–H and O–H groups in total. The zero-order chi connectivity index (χ0) is 13.5. The molecule has 0 spiro atoms. The molecule has 0 bridgehead atoms. The molecule has 0 aromatic carbocycles. The van der Waals surface area contributed by atoms with Crippen LogP contribution in [0.25, 0.3) is 0 Å². The standard InChI is InChI=1S/C13H28N4O/c1-14-11-13(18)17(10-9-15(2)3)12-5-7-16(4)8-6-12/h12,14H,5-11H2,1-4H3. The number of hydrogen-bond donors (Lipinski definition) is 1. The second-order valence-corrected chi connectivity index (χ2v) is 5.46. The second-order valence-electron chi connectivity index (χ2n) is 5.46. The van der Waals surface area contributed by atoms with Crippen LogP contribution in [0.3, 0.4) is 0 Å². The van der Waals surface area contributed by atoms with Crippen molar-refractivity contribution in [3.05, 3.63) is 0 Å². The van der Waals surface area contributed by atoms with Crippen molar-refractivity contribution < 1.29 is 4.79 Å². The summed E-state index contributed by atoms with van der Waals surface area (Å²) in [6.07, 6.45) is 2.19. The van der Waals surface area contributed by atoms with E-state index in [1.165, 1.54) is 0 Å². The number of hydrogen-bond acceptors (Lipinski definition) is 4. The van der Waals surface area contributed by atoms with Gasteiger partial charge in [-0.1, -0.05) is 0 Å². The van der Waals surface area contributed by atoms with Gasteiger partial charge in [0.25, 0.3) is 0 Å². The van der Waals surface area contributed by atoms with E-state index in [0.29, 0.717) is 12.6 Å². The lowest BCUT2D eigenvalue weighted by atomic mass is 10.0. The minimum absolute atomic E-state index is 0.230. The zero-order valence-corrected chi connectivity index (χ0v) is 12.3. The van der Waals surface area contributed by atoms with Gasteiger partial charge in [0.2, 0.25) is 5.91 Å². The number of carbonyl (C=O) groups is 1. The fourth-order valence-electron chi connectivity index (χ4n) is 2.38. The Bertz CT molecular complexity index is 249. The van der Waals surface area contributed by atoms with Crippen molar-refractivity contribution in [2.45, 2.75) is 18.9 Å². The van der Waals surface area contributed by atoms with E-state index in [9.17, 15) is 4.79 Å². The second kappa shape index (κ2) is 7.71. The smallest absolute Gasteiger partial charge is 0.236 e. The van der Waals surface area contributed by atoms with Crippen LogP contribution in [-0.4, -0.2) is 87.6 Å². The van der Waals surface area contributed by atoms with Gasteiger partial charge in [0.15, 0.2) is 0 Å². The molecule has 0 atom stereocenters. The first kappa shape index (κ1) is 15.4. The van der Waals surface area contributed by atoms with Gasteiger partial charge in [-0.25, -0.2) is 0 Å². The first-order chi connectivity index (χ1) is 8.54. The van der Waals surface area contributed by atoms with Crippen LogP contribution < -0.4 is 5.32 Å². The van der Waals surface area contributed by atoms with Crippen LogP contribution in [0.2, 0.25) is 0 Å². The number of likely N-dealkylation sites (tertiary alicyclic amines) is 1. The van der Waals surface area contributed by atoms with Gasteiger partial charge in [-0.2, -0.15) is 0 Å². The summed E-state index contributed by atoms with van der Waals surface area (Å²) in [5.41, 5.74) is 0. The van der Waals surface area contributed by atoms with Crippen molar-refractivity contribution >= 4 is 5.91 Å². The predicted octanol–water partition coefficient (Wildman–Crippen LogP) is -0.310. The topological polar surface area (TPSA) is 38.8 Å². The van der Waals surface area contributed by atoms with Crippen molar-refractivity contribution in [3.63, 3.8) is 0 Å². The summed E-state index contributed by atoms with van der Waals surface area (Å²) >= 11 is 0. The molecular formula is C13H28N4O. The molecule has 0 saturated carbocycles. The predicted molar refractivity (Wildman–Crippen MR) is 74.7 cm³/mol. The van der Waals surface area contributed by atoms with Crippen molar-refractivity contribution in [2.24, 2.45) is 0 Å². The highest BCUT2D eigenvalue weighted by Crippen LogP contribution is 2.15. The molecule has 0 radical (unpaired) electrons. The highest BCUT2D eigenvalue weighted by Gasteiger charge is 2.26. The Morgan fingerprint density at radius 2 is 1.89 bits per heavy atom. The molecule has 0 aliphatic carbocycles. The summed E-state index contributed by atoms with van der Waals surface area (Å²) in [5, 5.41) is 2.97. The fourth-order valence-corrected chi connectivity index (χ4v) is 2.38. The lowest BCUT2D eigenvalue weighted by Gasteiger charge is -2.38. The molecule has 5 heteroatoms. The zero-order valence-electron chi connectivity index (χ0n) is 12.3. The normalized spacial score (nSPS) is 18.3. The van der Waals surface area contributed by atoms with Crippen molar-refractivity contribution in [1.82, 2.24) is 20.0 Å². The van der Waals surface area contributed by atoms with Crippen LogP contribution >= 0.6 is 0 Å². The molecule has 18 heavy (non-hydrogen) atoms. The van der Waals surface area contributed by atoms with Gasteiger partial charge >= 0.3 is 0 Å². The molecule has 1 heterocycles. The third-order valence-corrected chi connectivity index (χ3v) is 3.57. The SMILES string of the molecule is CNCC(=O)N(CCN(C)C)C1CCN(C)CC1. The minimum Gasteiger partial charge on any atom is -0.337 e. The van der Waals surface area contributed by atoms with E-state index in [0.717, 1.165) is 39.0 Å². The molecule has 5 nitrogen and oxygen atoms in total. The minimum atomic E-state index is 0.230. The molecular weight excluding hydrogens is 228 g/mol. The number of amides is 1. The quantitative estimate of drug-likeness (QED) is 0.708. The van der Waals surface area contributed by atoms with E-state index in [2.05, 4.69) is 41.2 Å². The van der Waals surface area contributed by atoms with Gasteiger partial charge in [-0.05, 0) is 54.1 Å².